The Kier molecular flexibility index (Phi) is 5.07. The fourth-order valence-corrected chi connectivity index (χ4v) is 3.83. The van der Waals surface area contributed by atoms with E-state index in [-0.39, 0.29) is 10.3 Å². The van der Waals surface area contributed by atoms with Crippen LogP contribution in [0.15, 0.2) is 71.8 Å². The van der Waals surface area contributed by atoms with Crippen molar-refractivity contribution in [2.24, 2.45) is 0 Å². The van der Waals surface area contributed by atoms with E-state index in [0.717, 1.165) is 22.4 Å². The third kappa shape index (κ3) is 4.37. The number of rotatable bonds is 4. The lowest BCUT2D eigenvalue weighted by Gasteiger charge is -2.22. The van der Waals surface area contributed by atoms with Crippen molar-refractivity contribution in [2.45, 2.75) is 38.0 Å². The van der Waals surface area contributed by atoms with Gasteiger partial charge in [0.2, 0.25) is 0 Å². The Bertz CT molecular complexity index is 1040. The second kappa shape index (κ2) is 7.16. The molecule has 5 heteroatoms. The van der Waals surface area contributed by atoms with Crippen molar-refractivity contribution in [1.82, 2.24) is 4.98 Å². The van der Waals surface area contributed by atoms with Crippen LogP contribution in [0.1, 0.15) is 31.9 Å². The highest BCUT2D eigenvalue weighted by Crippen LogP contribution is 2.33. The van der Waals surface area contributed by atoms with E-state index in [2.05, 4.69) is 30.5 Å². The molecule has 1 N–H and O–H groups in total. The van der Waals surface area contributed by atoms with Gasteiger partial charge in [-0.3, -0.25) is 9.71 Å². The Hall–Kier alpha value is -2.66. The van der Waals surface area contributed by atoms with Gasteiger partial charge in [0.05, 0.1) is 16.3 Å². The molecule has 4 nitrogen and oxygen atoms in total. The molecule has 0 saturated heterocycles. The van der Waals surface area contributed by atoms with Crippen LogP contribution >= 0.6 is 0 Å². The number of hydrogen-bond acceptors (Lipinski definition) is 3. The normalized spacial score (nSPS) is 12.0. The summed E-state index contributed by atoms with van der Waals surface area (Å²) in [4.78, 5) is 4.62. The predicted molar refractivity (Wildman–Crippen MR) is 110 cm³/mol. The highest BCUT2D eigenvalue weighted by Gasteiger charge is 2.20. The molecule has 0 saturated carbocycles. The lowest BCUT2D eigenvalue weighted by molar-refractivity contribution is 0.590. The minimum absolute atomic E-state index is 0.104. The van der Waals surface area contributed by atoms with Crippen molar-refractivity contribution in [2.75, 3.05) is 4.72 Å². The molecule has 0 aliphatic carbocycles. The smallest absolute Gasteiger partial charge is 0.261 e. The first kappa shape index (κ1) is 19.1. The molecular formula is C22H24N2O2S. The quantitative estimate of drug-likeness (QED) is 0.680. The van der Waals surface area contributed by atoms with Crippen LogP contribution in [0.3, 0.4) is 0 Å². The fourth-order valence-electron chi connectivity index (χ4n) is 2.76. The summed E-state index contributed by atoms with van der Waals surface area (Å²) in [6.07, 6.45) is 1.70. The maximum atomic E-state index is 12.9. The van der Waals surface area contributed by atoms with Crippen LogP contribution < -0.4 is 4.72 Å². The van der Waals surface area contributed by atoms with Crippen molar-refractivity contribution in [1.29, 1.82) is 0 Å². The van der Waals surface area contributed by atoms with E-state index in [1.54, 1.807) is 30.5 Å². The summed E-state index contributed by atoms with van der Waals surface area (Å²) in [7, 11) is -3.70. The number of aryl methyl sites for hydroxylation is 1. The van der Waals surface area contributed by atoms with E-state index in [4.69, 9.17) is 0 Å². The zero-order valence-electron chi connectivity index (χ0n) is 16.0. The lowest BCUT2D eigenvalue weighted by atomic mass is 9.86. The minimum Gasteiger partial charge on any atom is -0.279 e. The lowest BCUT2D eigenvalue weighted by Crippen LogP contribution is -2.16. The number of aromatic nitrogens is 1. The van der Waals surface area contributed by atoms with Gasteiger partial charge in [0.1, 0.15) is 0 Å². The molecule has 1 heterocycles. The van der Waals surface area contributed by atoms with Crippen LogP contribution in [-0.4, -0.2) is 13.4 Å². The van der Waals surface area contributed by atoms with Gasteiger partial charge in [-0.05, 0) is 48.2 Å². The molecule has 0 fully saturated rings. The Morgan fingerprint density at radius 1 is 0.926 bits per heavy atom. The van der Waals surface area contributed by atoms with Crippen molar-refractivity contribution >= 4 is 15.7 Å². The molecule has 2 aromatic carbocycles. The number of benzene rings is 2. The second-order valence-corrected chi connectivity index (χ2v) is 9.33. The van der Waals surface area contributed by atoms with Gasteiger partial charge in [-0.1, -0.05) is 56.7 Å². The monoisotopic (exact) mass is 380 g/mol. The molecule has 1 aromatic heterocycles. The molecule has 27 heavy (non-hydrogen) atoms. The van der Waals surface area contributed by atoms with Crippen LogP contribution in [0.5, 0.6) is 0 Å². The van der Waals surface area contributed by atoms with Crippen molar-refractivity contribution in [3.8, 4) is 11.3 Å². The molecule has 3 aromatic rings. The van der Waals surface area contributed by atoms with E-state index in [9.17, 15) is 8.42 Å². The summed E-state index contributed by atoms with van der Waals surface area (Å²) >= 11 is 0. The first-order valence-electron chi connectivity index (χ1n) is 8.82. The predicted octanol–water partition coefficient (Wildman–Crippen LogP) is 5.16. The maximum Gasteiger partial charge on any atom is 0.261 e. The number of nitrogens with one attached hydrogen (secondary N) is 1. The van der Waals surface area contributed by atoms with Crippen molar-refractivity contribution in [3.63, 3.8) is 0 Å². The van der Waals surface area contributed by atoms with Gasteiger partial charge >= 0.3 is 0 Å². The van der Waals surface area contributed by atoms with Crippen LogP contribution in [0, 0.1) is 6.92 Å². The Morgan fingerprint density at radius 2 is 1.63 bits per heavy atom. The maximum absolute atomic E-state index is 12.9. The fraction of sp³-hybridized carbons (Fsp3) is 0.227. The molecular weight excluding hydrogens is 356 g/mol. The average Bonchev–Trinajstić information content (AvgIpc) is 2.62. The third-order valence-corrected chi connectivity index (χ3v) is 5.78. The van der Waals surface area contributed by atoms with E-state index < -0.39 is 10.0 Å². The zero-order valence-corrected chi connectivity index (χ0v) is 16.8. The summed E-state index contributed by atoms with van der Waals surface area (Å²) in [5.41, 5.74) is 3.95. The topological polar surface area (TPSA) is 59.1 Å². The molecule has 0 unspecified atom stereocenters. The first-order chi connectivity index (χ1) is 12.7. The Labute approximate surface area is 161 Å². The summed E-state index contributed by atoms with van der Waals surface area (Å²) in [5.74, 6) is 0. The van der Waals surface area contributed by atoms with Gasteiger partial charge in [-0.2, -0.15) is 0 Å². The minimum atomic E-state index is -3.70. The van der Waals surface area contributed by atoms with Gasteiger partial charge in [-0.15, -0.1) is 0 Å². The van der Waals surface area contributed by atoms with Crippen molar-refractivity contribution in [3.05, 3.63) is 78.0 Å². The molecule has 0 aliphatic rings. The van der Waals surface area contributed by atoms with Crippen LogP contribution in [0.2, 0.25) is 0 Å². The molecule has 0 radical (unpaired) electrons. The SMILES string of the molecule is Cc1ccc(S(=O)(=O)Nc2cc(C(C)(C)C)ccc2-c2ccccn2)cc1. The van der Waals surface area contributed by atoms with Crippen LogP contribution in [0.4, 0.5) is 5.69 Å². The Morgan fingerprint density at radius 3 is 2.22 bits per heavy atom. The van der Waals surface area contributed by atoms with Crippen LogP contribution in [0.25, 0.3) is 11.3 Å². The standard InChI is InChI=1S/C22H24N2O2S/c1-16-8-11-18(12-9-16)27(25,26)24-21-15-17(22(2,3)4)10-13-19(21)20-7-5-6-14-23-20/h5-15,24H,1-4H3. The highest BCUT2D eigenvalue weighted by atomic mass is 32.2. The molecule has 0 spiro atoms. The summed E-state index contributed by atoms with van der Waals surface area (Å²) in [5, 5.41) is 0. The molecule has 0 atom stereocenters. The number of anilines is 1. The molecule has 0 amide bonds. The van der Waals surface area contributed by atoms with Gasteiger partial charge in [0.25, 0.3) is 10.0 Å². The second-order valence-electron chi connectivity index (χ2n) is 7.64. The molecule has 0 bridgehead atoms. The summed E-state index contributed by atoms with van der Waals surface area (Å²) < 4.78 is 28.6. The molecule has 3 rings (SSSR count). The van der Waals surface area contributed by atoms with Gasteiger partial charge in [0.15, 0.2) is 0 Å². The largest absolute Gasteiger partial charge is 0.279 e. The summed E-state index contributed by atoms with van der Waals surface area (Å²) in [6.45, 7) is 8.22. The van der Waals surface area contributed by atoms with Gasteiger partial charge in [0, 0.05) is 11.8 Å². The van der Waals surface area contributed by atoms with E-state index in [1.807, 2.05) is 43.3 Å². The van der Waals surface area contributed by atoms with E-state index in [0.29, 0.717) is 5.69 Å². The highest BCUT2D eigenvalue weighted by molar-refractivity contribution is 7.92. The Balaban J connectivity index is 2.10. The number of sulfonamides is 1. The molecule has 140 valence electrons. The van der Waals surface area contributed by atoms with Crippen molar-refractivity contribution < 1.29 is 8.42 Å². The number of nitrogens with zero attached hydrogens (tertiary/aromatic N) is 1. The third-order valence-electron chi connectivity index (χ3n) is 4.40. The van der Waals surface area contributed by atoms with E-state index in [1.165, 1.54) is 0 Å². The zero-order chi connectivity index (χ0) is 19.7. The van der Waals surface area contributed by atoms with Crippen LogP contribution in [-0.2, 0) is 15.4 Å². The first-order valence-corrected chi connectivity index (χ1v) is 10.3. The van der Waals surface area contributed by atoms with E-state index >= 15 is 0 Å². The number of hydrogen-bond donors (Lipinski definition) is 1. The van der Waals surface area contributed by atoms with Gasteiger partial charge in [-0.25, -0.2) is 8.42 Å². The average molecular weight is 381 g/mol. The summed E-state index contributed by atoms with van der Waals surface area (Å²) in [6, 6.07) is 18.3. The molecule has 0 aliphatic heterocycles. The van der Waals surface area contributed by atoms with Gasteiger partial charge < -0.3 is 0 Å². The number of pyridine rings is 1.